The topological polar surface area (TPSA) is 579 Å². The van der Waals surface area contributed by atoms with E-state index in [0.29, 0.717) is 78.7 Å². The molecule has 46 heteroatoms. The first-order chi connectivity index (χ1) is 47.8. The van der Waals surface area contributed by atoms with Crippen molar-refractivity contribution in [2.45, 2.75) is 176 Å². The van der Waals surface area contributed by atoms with Crippen molar-refractivity contribution in [3.05, 3.63) is 50.6 Å². The second-order valence-corrected chi connectivity index (χ2v) is 23.4. The molecule has 20 atom stereocenters. The summed E-state index contributed by atoms with van der Waals surface area (Å²) < 4.78 is 58.4. The summed E-state index contributed by atoms with van der Waals surface area (Å²) in [7, 11) is 0. The van der Waals surface area contributed by atoms with Crippen LogP contribution < -0.4 is 43.4 Å². The van der Waals surface area contributed by atoms with E-state index in [1.54, 1.807) is 6.92 Å². The van der Waals surface area contributed by atoms with E-state index in [1.165, 1.54) is 26.6 Å². The average molecular weight is 1470 g/mol. The Balaban J connectivity index is 0.000000254. The molecule has 10 saturated heterocycles. The Morgan fingerprint density at radius 3 is 1.03 bits per heavy atom. The molecular weight excluding hydrogens is 1380 g/mol. The minimum absolute atomic E-state index is 0.00362. The van der Waals surface area contributed by atoms with E-state index in [4.69, 9.17) is 75.5 Å². The molecule has 2 amide bonds. The normalized spacial score (nSPS) is 31.7. The van der Waals surface area contributed by atoms with Crippen molar-refractivity contribution in [3.63, 3.8) is 0 Å². The van der Waals surface area contributed by atoms with Gasteiger partial charge in [-0.1, -0.05) is 34.6 Å². The van der Waals surface area contributed by atoms with Crippen molar-refractivity contribution >= 4 is 34.6 Å². The minimum atomic E-state index is -0.842. The van der Waals surface area contributed by atoms with E-state index in [1.807, 2.05) is 0 Å². The lowest BCUT2D eigenvalue weighted by molar-refractivity contribution is -0.769. The molecule has 0 aliphatic carbocycles. The number of esters is 1. The lowest BCUT2D eigenvalue weighted by Gasteiger charge is -2.17. The van der Waals surface area contributed by atoms with Crippen molar-refractivity contribution in [1.29, 1.82) is 0 Å². The van der Waals surface area contributed by atoms with Crippen molar-refractivity contribution < 1.29 is 126 Å². The van der Waals surface area contributed by atoms with Crippen LogP contribution in [0.3, 0.4) is 0 Å². The van der Waals surface area contributed by atoms with Crippen LogP contribution in [-0.4, -0.2) is 325 Å². The summed E-state index contributed by atoms with van der Waals surface area (Å²) in [5, 5.41) is 73.1. The Morgan fingerprint density at radius 1 is 0.460 bits per heavy atom. The van der Waals surface area contributed by atoms with E-state index >= 15 is 0 Å². The zero-order chi connectivity index (χ0) is 73.8. The molecule has 0 spiro atoms. The predicted octanol–water partition coefficient (Wildman–Crippen LogP) is -5.37. The number of rotatable bonds is 31. The van der Waals surface area contributed by atoms with Gasteiger partial charge in [0.15, 0.2) is 37.1 Å². The molecule has 10 rings (SSSR count). The van der Waals surface area contributed by atoms with Crippen LogP contribution in [0.15, 0.2) is 0 Å². The van der Waals surface area contributed by atoms with E-state index < -0.39 is 91.9 Å². The van der Waals surface area contributed by atoms with E-state index in [2.05, 4.69) is 93.4 Å². The highest BCUT2D eigenvalue weighted by Crippen LogP contribution is 2.33. The average Bonchev–Trinajstić information content (AvgIpc) is 1.70. The molecule has 0 bridgehead atoms. The number of fused-ring (bicyclic) bond motifs is 5. The lowest BCUT2D eigenvalue weighted by Crippen LogP contribution is -2.44. The number of amides is 2. The number of halogens is 1. The maximum atomic E-state index is 11.1. The summed E-state index contributed by atoms with van der Waals surface area (Å²) in [6, 6.07) is -0.199. The molecule has 0 saturated carbocycles. The largest absolute Gasteiger partial charge is 0.456 e. The summed E-state index contributed by atoms with van der Waals surface area (Å²) in [6.45, 7) is 21.4. The molecule has 11 N–H and O–H groups in total. The smallest absolute Gasteiger partial charge is 0.303 e. The van der Waals surface area contributed by atoms with Gasteiger partial charge in [-0.05, 0) is 44.2 Å². The van der Waals surface area contributed by atoms with Crippen LogP contribution in [0, 0.1) is 50.6 Å². The van der Waals surface area contributed by atoms with Crippen molar-refractivity contribution in [2.75, 3.05) is 145 Å². The second-order valence-electron chi connectivity index (χ2n) is 23.0. The van der Waals surface area contributed by atoms with E-state index in [-0.39, 0.29) is 125 Å². The van der Waals surface area contributed by atoms with Gasteiger partial charge < -0.3 is 130 Å². The third-order valence-electron chi connectivity index (χ3n) is 16.3. The van der Waals surface area contributed by atoms with Gasteiger partial charge in [-0.3, -0.25) is 19.2 Å². The predicted molar refractivity (Wildman–Crippen MR) is 336 cm³/mol. The molecular formula is C54H97ClN14O31. The first-order valence-electron chi connectivity index (χ1n) is 32.6. The Kier molecular flexibility index (Phi) is 39.8. The van der Waals surface area contributed by atoms with Crippen LogP contribution in [0.25, 0.3) is 0 Å². The number of nitrogens with zero attached hydrogens (tertiary/aromatic N) is 6. The zero-order valence-corrected chi connectivity index (χ0v) is 57.2. The molecule has 0 aromatic heterocycles. The van der Waals surface area contributed by atoms with E-state index in [9.17, 15) is 69.7 Å². The standard InChI is InChI=1S/C11H19N3O6.C10H17N3O7.C9H16N2O5.C8H15N3O5.C6H10N2O5.C6H15N.C4H5ClO3/c1-2-9(15)13-4-3-12-7-5-18-11-8(20-14(16)17)6-19-10(7)11;14-3-8(15)12-2-1-11-6-4-18-10-7(20-13(16)17)5-19-9(6)10;1-2-3-10-6-4-14-9-7(16-11(12)13)5-15-8(6)9;9-1-2-10-5-3-14-8-6(16-11(12)13)4-15-7(5)8;7-3-1-11-6-4(13-8(9)10)2-12-5(3)6;1-4-7(5-2)6-3;1-3(6)8-2-4(5)7/h7-8,10-12H,2-6H2,1H3,(H,13,15);6-7,9-11,14H,1-5H2,(H,12,15);6-10H,2-5H2,1H3;5-8,10H,1-4,9H2;3-6H,1-2,7H2;4-6H2,1-3H3;2H2,1H3/t7-,8+,10-,11-;6-,7+,9-,10-;6-,7+,8-,9-;5-,6+,7-,8-;3-,4+,5-,6-;;/m11111../s1. The van der Waals surface area contributed by atoms with Gasteiger partial charge in [0.2, 0.25) is 11.8 Å². The maximum absolute atomic E-state index is 11.1. The van der Waals surface area contributed by atoms with Crippen LogP contribution in [0.5, 0.6) is 0 Å². The summed E-state index contributed by atoms with van der Waals surface area (Å²) in [4.78, 5) is 118. The van der Waals surface area contributed by atoms with Crippen LogP contribution in [-0.2, 0) is 95.5 Å². The minimum Gasteiger partial charge on any atom is -0.456 e. The highest BCUT2D eigenvalue weighted by atomic mass is 35.5. The third kappa shape index (κ3) is 29.2. The number of carbonyl (C=O) groups excluding carboxylic acids is 4. The molecule has 45 nitrogen and oxygen atoms in total. The molecule has 0 aromatic carbocycles. The van der Waals surface area contributed by atoms with Gasteiger partial charge in [-0.15, -0.1) is 50.6 Å². The Morgan fingerprint density at radius 2 is 0.760 bits per heavy atom. The van der Waals surface area contributed by atoms with Crippen LogP contribution in [0.1, 0.15) is 54.4 Å². The van der Waals surface area contributed by atoms with Gasteiger partial charge in [0.25, 0.3) is 30.7 Å². The van der Waals surface area contributed by atoms with Crippen LogP contribution in [0.2, 0.25) is 0 Å². The number of carbonyl (C=O) groups is 4. The molecule has 0 radical (unpaired) electrons. The number of hydrogen-bond acceptors (Lipinski definition) is 38. The van der Waals surface area contributed by atoms with Gasteiger partial charge in [-0.2, -0.15) is 0 Å². The molecule has 100 heavy (non-hydrogen) atoms. The number of ether oxygens (including phenoxy) is 11. The second kappa shape index (κ2) is 46.3. The van der Waals surface area contributed by atoms with E-state index in [0.717, 1.165) is 13.0 Å². The van der Waals surface area contributed by atoms with Gasteiger partial charge in [0.05, 0.1) is 96.3 Å². The van der Waals surface area contributed by atoms with Gasteiger partial charge in [0, 0.05) is 52.6 Å². The highest BCUT2D eigenvalue weighted by molar-refractivity contribution is 6.64. The Labute approximate surface area is 578 Å². The third-order valence-corrected chi connectivity index (χ3v) is 16.4. The molecule has 0 unspecified atom stereocenters. The SMILES string of the molecule is CC(=O)OCC(=O)Cl.CCC(=O)NCCN[C@@H]1CO[C@H]2[C@@H]1OC[C@@H]2O[N+](=O)[O-].CCCN[C@@H]1CO[C@H]2[C@@H]1OC[C@@H]2O[N+](=O)[O-].CCN(CC)CC.NCCN[C@@H]1CO[C@H]2[C@@H]1OC[C@@H]2O[N+](=O)[O-].N[C@@H]1CO[C@H]2[C@@H]1OC[C@@H]2O[N+](=O)[O-].O=C(CO)NCCN[C@@H]1CO[C@H]2[C@@H]1OC[C@@H]2O[N+](=O)[O-]. The van der Waals surface area contributed by atoms with Crippen molar-refractivity contribution in [2.24, 2.45) is 11.5 Å². The molecule has 10 fully saturated rings. The summed E-state index contributed by atoms with van der Waals surface area (Å²) >= 11 is 4.81. The number of nitrogens with two attached hydrogens (primary N) is 2. The number of aliphatic hydroxyl groups is 1. The van der Waals surface area contributed by atoms with Gasteiger partial charge in [-0.25, -0.2) is 0 Å². The van der Waals surface area contributed by atoms with Gasteiger partial charge in [0.1, 0.15) is 67.6 Å². The van der Waals surface area contributed by atoms with Crippen molar-refractivity contribution in [3.8, 4) is 0 Å². The fourth-order valence-electron chi connectivity index (χ4n) is 11.6. The van der Waals surface area contributed by atoms with Crippen LogP contribution >= 0.6 is 11.6 Å². The molecule has 576 valence electrons. The fraction of sp³-hybridized carbons (Fsp3) is 0.926. The lowest BCUT2D eigenvalue weighted by atomic mass is 10.1. The molecule has 0 aromatic rings. The monoisotopic (exact) mass is 1470 g/mol. The highest BCUT2D eigenvalue weighted by Gasteiger charge is 2.53. The Bertz CT molecular complexity index is 2360. The summed E-state index contributed by atoms with van der Waals surface area (Å²) in [5.41, 5.74) is 11.0. The summed E-state index contributed by atoms with van der Waals surface area (Å²) in [5.74, 6) is -0.938. The van der Waals surface area contributed by atoms with Crippen molar-refractivity contribution in [1.82, 2.24) is 36.8 Å². The number of nitrogens with one attached hydrogen (secondary N) is 6. The first kappa shape index (κ1) is 86.1. The van der Waals surface area contributed by atoms with Crippen LogP contribution in [0.4, 0.5) is 0 Å². The quantitative estimate of drug-likeness (QED) is 0.0103. The number of aliphatic hydroxyl groups excluding tert-OH is 1. The molecule has 10 aliphatic heterocycles. The summed E-state index contributed by atoms with van der Waals surface area (Å²) in [6.07, 6.45) is -4.77. The maximum Gasteiger partial charge on any atom is 0.303 e. The zero-order valence-electron chi connectivity index (χ0n) is 56.4. The number of hydrogen-bond donors (Lipinski definition) is 9. The van der Waals surface area contributed by atoms with Gasteiger partial charge >= 0.3 is 5.97 Å². The first-order valence-corrected chi connectivity index (χ1v) is 33.0. The molecule has 10 aliphatic rings. The Hall–Kier alpha value is -6.35. The fourth-order valence-corrected chi connectivity index (χ4v) is 11.6. The molecule has 10 heterocycles.